The predicted molar refractivity (Wildman–Crippen MR) is 123 cm³/mol. The fourth-order valence-electron chi connectivity index (χ4n) is 3.33. The highest BCUT2D eigenvalue weighted by molar-refractivity contribution is 5.75. The summed E-state index contributed by atoms with van der Waals surface area (Å²) in [6, 6.07) is 26.3. The van der Waals surface area contributed by atoms with Gasteiger partial charge >= 0.3 is 18.1 Å². The van der Waals surface area contributed by atoms with Crippen LogP contribution in [0, 0.1) is 5.92 Å². The van der Waals surface area contributed by atoms with Gasteiger partial charge in [0, 0.05) is 12.2 Å². The largest absolute Gasteiger partial charge is 0.490 e. The van der Waals surface area contributed by atoms with Crippen molar-refractivity contribution in [1.82, 2.24) is 0 Å². The van der Waals surface area contributed by atoms with Crippen molar-refractivity contribution < 1.29 is 37.7 Å². The van der Waals surface area contributed by atoms with Gasteiger partial charge in [0.15, 0.2) is 0 Å². The van der Waals surface area contributed by atoms with Gasteiger partial charge in [-0.3, -0.25) is 4.79 Å². The molecule has 4 rings (SSSR count). The molecule has 0 radical (unpaired) electrons. The molecule has 1 aliphatic rings. The Bertz CT molecular complexity index is 1120. The fraction of sp³-hybridized carbons (Fsp3) is 0.231. The minimum absolute atomic E-state index is 0.176. The van der Waals surface area contributed by atoms with Crippen LogP contribution in [0.25, 0.3) is 0 Å². The summed E-state index contributed by atoms with van der Waals surface area (Å²) in [4.78, 5) is 19.9. The van der Waals surface area contributed by atoms with Crippen LogP contribution in [0.5, 0.6) is 5.75 Å². The molecule has 2 atom stereocenters. The maximum Gasteiger partial charge on any atom is 0.490 e. The number of hydrogen-bond acceptors (Lipinski definition) is 4. The van der Waals surface area contributed by atoms with Gasteiger partial charge in [0.1, 0.15) is 12.4 Å². The van der Waals surface area contributed by atoms with E-state index in [-0.39, 0.29) is 11.8 Å². The number of halogens is 3. The molecule has 0 amide bonds. The molecule has 3 aromatic rings. The number of anilines is 1. The van der Waals surface area contributed by atoms with Crippen LogP contribution in [0.4, 0.5) is 18.9 Å². The van der Waals surface area contributed by atoms with Crippen LogP contribution in [-0.2, 0) is 22.7 Å². The van der Waals surface area contributed by atoms with Gasteiger partial charge in [-0.25, -0.2) is 4.79 Å². The average Bonchev–Trinajstić information content (AvgIpc) is 3.64. The van der Waals surface area contributed by atoms with Crippen LogP contribution in [0.1, 0.15) is 29.0 Å². The van der Waals surface area contributed by atoms with E-state index in [1.165, 1.54) is 5.56 Å². The van der Waals surface area contributed by atoms with Gasteiger partial charge in [0.25, 0.3) is 0 Å². The normalized spacial score (nSPS) is 16.4. The minimum Gasteiger partial charge on any atom is -0.489 e. The number of aliphatic carboxylic acids is 2. The summed E-state index contributed by atoms with van der Waals surface area (Å²) < 4.78 is 37.6. The highest BCUT2D eigenvalue weighted by atomic mass is 19.4. The maximum atomic E-state index is 11.0. The number of nitrogens with one attached hydrogen (secondary N) is 1. The quantitative estimate of drug-likeness (QED) is 0.377. The Balaban J connectivity index is 0.000000429. The lowest BCUT2D eigenvalue weighted by atomic mass is 10.1. The van der Waals surface area contributed by atoms with Crippen LogP contribution in [0.2, 0.25) is 0 Å². The van der Waals surface area contributed by atoms with Crippen LogP contribution in [-0.4, -0.2) is 28.3 Å². The molecule has 0 aliphatic heterocycles. The van der Waals surface area contributed by atoms with Crippen LogP contribution in [0.15, 0.2) is 78.9 Å². The number of hydrogen-bond donors (Lipinski definition) is 3. The SMILES string of the molecule is O=C(O)C(F)(F)F.O=C(O)[C@@H]1C[C@H]1c1ccc(NCc2ccc(OCc3ccccc3)cc2)cc1. The molecule has 0 aromatic heterocycles. The van der Waals surface area contributed by atoms with E-state index in [4.69, 9.17) is 19.7 Å². The molecule has 0 unspecified atom stereocenters. The van der Waals surface area contributed by atoms with E-state index in [0.29, 0.717) is 6.61 Å². The number of carboxylic acids is 2. The zero-order valence-corrected chi connectivity index (χ0v) is 18.5. The third-order valence-corrected chi connectivity index (χ3v) is 5.36. The van der Waals surface area contributed by atoms with E-state index in [9.17, 15) is 18.0 Å². The maximum absolute atomic E-state index is 11.0. The van der Waals surface area contributed by atoms with E-state index in [2.05, 4.69) is 29.6 Å². The van der Waals surface area contributed by atoms with E-state index in [0.717, 1.165) is 35.5 Å². The number of carbonyl (C=O) groups is 2. The molecule has 0 saturated heterocycles. The summed E-state index contributed by atoms with van der Waals surface area (Å²) in [5, 5.41) is 19.6. The van der Waals surface area contributed by atoms with Crippen molar-refractivity contribution in [2.45, 2.75) is 31.7 Å². The minimum atomic E-state index is -5.08. The lowest BCUT2D eigenvalue weighted by molar-refractivity contribution is -0.192. The summed E-state index contributed by atoms with van der Waals surface area (Å²) in [6.45, 7) is 1.29. The van der Waals surface area contributed by atoms with Crippen molar-refractivity contribution in [3.05, 3.63) is 95.6 Å². The van der Waals surface area contributed by atoms with E-state index in [1.54, 1.807) is 0 Å². The van der Waals surface area contributed by atoms with Gasteiger partial charge in [-0.05, 0) is 53.3 Å². The molecule has 0 spiro atoms. The third-order valence-electron chi connectivity index (χ3n) is 5.36. The first-order valence-electron chi connectivity index (χ1n) is 10.8. The average molecular weight is 487 g/mol. The van der Waals surface area contributed by atoms with Gasteiger partial charge in [0.2, 0.25) is 0 Å². The van der Waals surface area contributed by atoms with Gasteiger partial charge in [-0.15, -0.1) is 0 Å². The molecule has 9 heteroatoms. The Morgan fingerprint density at radius 3 is 2.00 bits per heavy atom. The molecule has 0 bridgehead atoms. The summed E-state index contributed by atoms with van der Waals surface area (Å²) in [5.41, 5.74) is 4.46. The first-order chi connectivity index (χ1) is 16.6. The standard InChI is InChI=1S/C24H23NO3.C2HF3O2/c26-24(27)23-14-22(23)19-8-10-20(11-9-19)25-15-17-6-12-21(13-7-17)28-16-18-4-2-1-3-5-18;3-2(4,5)1(6)7/h1-13,22-23,25H,14-16H2,(H,26,27);(H,6,7)/t22-,23+;/m0./s1. The van der Waals surface area contributed by atoms with Crippen molar-refractivity contribution in [3.63, 3.8) is 0 Å². The van der Waals surface area contributed by atoms with Crippen LogP contribution >= 0.6 is 0 Å². The first kappa shape index (κ1) is 25.6. The smallest absolute Gasteiger partial charge is 0.489 e. The van der Waals surface area contributed by atoms with E-state index < -0.39 is 18.1 Å². The second-order valence-corrected chi connectivity index (χ2v) is 7.98. The molecule has 1 aliphatic carbocycles. The monoisotopic (exact) mass is 487 g/mol. The molecule has 184 valence electrons. The number of alkyl halides is 3. The van der Waals surface area contributed by atoms with Gasteiger partial charge in [0.05, 0.1) is 5.92 Å². The van der Waals surface area contributed by atoms with Crippen molar-refractivity contribution in [2.24, 2.45) is 5.92 Å². The summed E-state index contributed by atoms with van der Waals surface area (Å²) in [6.07, 6.45) is -4.33. The zero-order valence-electron chi connectivity index (χ0n) is 18.5. The first-order valence-corrected chi connectivity index (χ1v) is 10.8. The Hall–Kier alpha value is -4.01. The number of carboxylic acid groups (broad SMARTS) is 2. The molecule has 35 heavy (non-hydrogen) atoms. The second-order valence-electron chi connectivity index (χ2n) is 7.98. The molecule has 3 N–H and O–H groups in total. The predicted octanol–water partition coefficient (Wildman–Crippen LogP) is 5.70. The number of ether oxygens (including phenoxy) is 1. The molecular formula is C26H24F3NO5. The third kappa shape index (κ3) is 8.06. The van der Waals surface area contributed by atoms with Gasteiger partial charge in [-0.2, -0.15) is 13.2 Å². The second kappa shape index (κ2) is 11.4. The Morgan fingerprint density at radius 2 is 1.49 bits per heavy atom. The lowest BCUT2D eigenvalue weighted by Gasteiger charge is -2.10. The Kier molecular flexibility index (Phi) is 8.35. The number of benzene rings is 3. The molecule has 6 nitrogen and oxygen atoms in total. The molecule has 3 aromatic carbocycles. The topological polar surface area (TPSA) is 95.9 Å². The van der Waals surface area contributed by atoms with Crippen molar-refractivity contribution in [2.75, 3.05) is 5.32 Å². The highest BCUT2D eigenvalue weighted by Crippen LogP contribution is 2.47. The molecule has 1 fully saturated rings. The van der Waals surface area contributed by atoms with Crippen molar-refractivity contribution in [1.29, 1.82) is 0 Å². The molecular weight excluding hydrogens is 463 g/mol. The van der Waals surface area contributed by atoms with Crippen LogP contribution in [0.3, 0.4) is 0 Å². The number of rotatable bonds is 8. The summed E-state index contributed by atoms with van der Waals surface area (Å²) in [7, 11) is 0. The Morgan fingerprint density at radius 1 is 0.886 bits per heavy atom. The fourth-order valence-corrected chi connectivity index (χ4v) is 3.33. The summed E-state index contributed by atoms with van der Waals surface area (Å²) in [5.74, 6) is -2.62. The van der Waals surface area contributed by atoms with Crippen molar-refractivity contribution in [3.8, 4) is 5.75 Å². The lowest BCUT2D eigenvalue weighted by Crippen LogP contribution is -2.21. The van der Waals surface area contributed by atoms with E-state index in [1.807, 2.05) is 54.6 Å². The van der Waals surface area contributed by atoms with Gasteiger partial charge < -0.3 is 20.3 Å². The highest BCUT2D eigenvalue weighted by Gasteiger charge is 2.44. The summed E-state index contributed by atoms with van der Waals surface area (Å²) >= 11 is 0. The van der Waals surface area contributed by atoms with Crippen LogP contribution < -0.4 is 10.1 Å². The zero-order chi connectivity index (χ0) is 25.4. The Labute approximate surface area is 200 Å². The molecule has 0 heterocycles. The van der Waals surface area contributed by atoms with Crippen molar-refractivity contribution >= 4 is 17.6 Å². The van der Waals surface area contributed by atoms with Gasteiger partial charge in [-0.1, -0.05) is 54.6 Å². The van der Waals surface area contributed by atoms with E-state index >= 15 is 0 Å². The molecule has 1 saturated carbocycles.